The number of hydrogen-bond donors (Lipinski definition) is 2. The third-order valence-corrected chi connectivity index (χ3v) is 3.40. The SMILES string of the molecule is CCC(NC(=O)c1cc(-c2cnn(C)c2)cnc1N)C(=O)OC. The zero-order valence-electron chi connectivity index (χ0n) is 13.2. The van der Waals surface area contributed by atoms with Gasteiger partial charge in [0.05, 0.1) is 18.9 Å². The minimum Gasteiger partial charge on any atom is -0.467 e. The fourth-order valence-electron chi connectivity index (χ4n) is 2.09. The average Bonchev–Trinajstić information content (AvgIpc) is 2.98. The number of carbonyl (C=O) groups excluding carboxylic acids is 2. The number of ether oxygens (including phenoxy) is 1. The Morgan fingerprint density at radius 1 is 1.39 bits per heavy atom. The van der Waals surface area contributed by atoms with Crippen LogP contribution in [-0.4, -0.2) is 39.8 Å². The first-order valence-electron chi connectivity index (χ1n) is 7.09. The molecule has 1 amide bonds. The summed E-state index contributed by atoms with van der Waals surface area (Å²) in [6.45, 7) is 1.77. The average molecular weight is 317 g/mol. The van der Waals surface area contributed by atoms with Crippen molar-refractivity contribution in [2.45, 2.75) is 19.4 Å². The molecule has 1 atom stereocenters. The van der Waals surface area contributed by atoms with Gasteiger partial charge < -0.3 is 15.8 Å². The Bertz CT molecular complexity index is 726. The second-order valence-corrected chi connectivity index (χ2v) is 5.02. The number of carbonyl (C=O) groups is 2. The standard InChI is InChI=1S/C15H19N5O3/c1-4-12(15(22)23-3)19-14(21)11-5-9(6-17-13(11)16)10-7-18-20(2)8-10/h5-8,12H,4H2,1-3H3,(H2,16,17)(H,19,21). The molecule has 1 unspecified atom stereocenters. The van der Waals surface area contributed by atoms with E-state index in [0.717, 1.165) is 5.56 Å². The van der Waals surface area contributed by atoms with Crippen molar-refractivity contribution in [1.29, 1.82) is 0 Å². The minimum absolute atomic E-state index is 0.0925. The van der Waals surface area contributed by atoms with Crippen molar-refractivity contribution < 1.29 is 14.3 Å². The maximum Gasteiger partial charge on any atom is 0.328 e. The van der Waals surface area contributed by atoms with Crippen LogP contribution in [0.15, 0.2) is 24.7 Å². The minimum atomic E-state index is -0.728. The molecule has 0 aliphatic rings. The molecule has 8 heteroatoms. The first kappa shape index (κ1) is 16.5. The highest BCUT2D eigenvalue weighted by Crippen LogP contribution is 2.21. The van der Waals surface area contributed by atoms with Crippen LogP contribution in [0.25, 0.3) is 11.1 Å². The molecule has 122 valence electrons. The van der Waals surface area contributed by atoms with E-state index in [0.29, 0.717) is 12.0 Å². The highest BCUT2D eigenvalue weighted by molar-refractivity contribution is 6.01. The summed E-state index contributed by atoms with van der Waals surface area (Å²) in [5.74, 6) is -0.886. The topological polar surface area (TPSA) is 112 Å². The highest BCUT2D eigenvalue weighted by Gasteiger charge is 2.22. The van der Waals surface area contributed by atoms with Gasteiger partial charge in [0.1, 0.15) is 11.9 Å². The van der Waals surface area contributed by atoms with Gasteiger partial charge in [-0.3, -0.25) is 9.48 Å². The number of aryl methyl sites for hydroxylation is 1. The van der Waals surface area contributed by atoms with Crippen LogP contribution < -0.4 is 11.1 Å². The smallest absolute Gasteiger partial charge is 0.328 e. The molecule has 0 saturated heterocycles. The van der Waals surface area contributed by atoms with E-state index in [2.05, 4.69) is 20.1 Å². The van der Waals surface area contributed by atoms with Gasteiger partial charge in [0.2, 0.25) is 0 Å². The molecule has 0 bridgehead atoms. The van der Waals surface area contributed by atoms with Crippen LogP contribution in [-0.2, 0) is 16.6 Å². The molecule has 0 saturated carbocycles. The monoisotopic (exact) mass is 317 g/mol. The molecular formula is C15H19N5O3. The van der Waals surface area contributed by atoms with Crippen molar-refractivity contribution in [3.8, 4) is 11.1 Å². The molecule has 0 fully saturated rings. The maximum absolute atomic E-state index is 12.4. The van der Waals surface area contributed by atoms with Crippen molar-refractivity contribution >= 4 is 17.7 Å². The van der Waals surface area contributed by atoms with Gasteiger partial charge in [-0.05, 0) is 12.5 Å². The van der Waals surface area contributed by atoms with Gasteiger partial charge in [-0.2, -0.15) is 5.10 Å². The second-order valence-electron chi connectivity index (χ2n) is 5.02. The van der Waals surface area contributed by atoms with Crippen LogP contribution in [0.2, 0.25) is 0 Å². The number of hydrogen-bond acceptors (Lipinski definition) is 6. The van der Waals surface area contributed by atoms with Crippen molar-refractivity contribution in [3.05, 3.63) is 30.2 Å². The van der Waals surface area contributed by atoms with Gasteiger partial charge in [-0.15, -0.1) is 0 Å². The Kier molecular flexibility index (Phi) is 4.95. The van der Waals surface area contributed by atoms with E-state index in [4.69, 9.17) is 5.73 Å². The van der Waals surface area contributed by atoms with Crippen LogP contribution >= 0.6 is 0 Å². The third kappa shape index (κ3) is 3.65. The number of nitrogens with zero attached hydrogens (tertiary/aromatic N) is 3. The van der Waals surface area contributed by atoms with Crippen LogP contribution in [0.5, 0.6) is 0 Å². The predicted octanol–water partition coefficient (Wildman–Crippen LogP) is 0.746. The summed E-state index contributed by atoms with van der Waals surface area (Å²) >= 11 is 0. The first-order valence-corrected chi connectivity index (χ1v) is 7.09. The molecule has 0 aliphatic heterocycles. The number of esters is 1. The largest absolute Gasteiger partial charge is 0.467 e. The lowest BCUT2D eigenvalue weighted by atomic mass is 10.1. The van der Waals surface area contributed by atoms with Crippen LogP contribution in [0.1, 0.15) is 23.7 Å². The van der Waals surface area contributed by atoms with E-state index in [-0.39, 0.29) is 11.4 Å². The Morgan fingerprint density at radius 3 is 2.70 bits per heavy atom. The zero-order chi connectivity index (χ0) is 17.0. The summed E-state index contributed by atoms with van der Waals surface area (Å²) in [6, 6.07) is 0.896. The van der Waals surface area contributed by atoms with Crippen LogP contribution in [0.3, 0.4) is 0 Å². The van der Waals surface area contributed by atoms with E-state index >= 15 is 0 Å². The third-order valence-electron chi connectivity index (χ3n) is 3.40. The molecule has 2 rings (SSSR count). The number of anilines is 1. The summed E-state index contributed by atoms with van der Waals surface area (Å²) in [5.41, 5.74) is 7.52. The molecule has 3 N–H and O–H groups in total. The summed E-state index contributed by atoms with van der Waals surface area (Å²) in [6.07, 6.45) is 5.45. The summed E-state index contributed by atoms with van der Waals surface area (Å²) in [4.78, 5) is 28.0. The fourth-order valence-corrected chi connectivity index (χ4v) is 2.09. The number of nitrogens with two attached hydrogens (primary N) is 1. The van der Waals surface area contributed by atoms with E-state index in [9.17, 15) is 9.59 Å². The number of rotatable bonds is 5. The number of aromatic nitrogens is 3. The summed E-state index contributed by atoms with van der Waals surface area (Å²) in [5, 5.41) is 6.69. The Hall–Kier alpha value is -2.90. The van der Waals surface area contributed by atoms with E-state index in [1.54, 1.807) is 43.3 Å². The lowest BCUT2D eigenvalue weighted by Gasteiger charge is -2.15. The maximum atomic E-state index is 12.4. The molecule has 8 nitrogen and oxygen atoms in total. The van der Waals surface area contributed by atoms with Crippen molar-refractivity contribution in [1.82, 2.24) is 20.1 Å². The van der Waals surface area contributed by atoms with Crippen molar-refractivity contribution in [2.24, 2.45) is 7.05 Å². The fraction of sp³-hybridized carbons (Fsp3) is 0.333. The van der Waals surface area contributed by atoms with Crippen molar-refractivity contribution in [2.75, 3.05) is 12.8 Å². The van der Waals surface area contributed by atoms with E-state index < -0.39 is 17.9 Å². The zero-order valence-corrected chi connectivity index (χ0v) is 13.2. The first-order chi connectivity index (χ1) is 11.0. The lowest BCUT2D eigenvalue weighted by molar-refractivity contribution is -0.142. The number of nitrogens with one attached hydrogen (secondary N) is 1. The summed E-state index contributed by atoms with van der Waals surface area (Å²) < 4.78 is 6.30. The van der Waals surface area contributed by atoms with Gasteiger partial charge in [-0.1, -0.05) is 6.92 Å². The van der Waals surface area contributed by atoms with Gasteiger partial charge >= 0.3 is 5.97 Å². The van der Waals surface area contributed by atoms with Gasteiger partial charge in [0.15, 0.2) is 0 Å². The molecule has 2 aromatic rings. The van der Waals surface area contributed by atoms with Gasteiger partial charge in [0, 0.05) is 30.6 Å². The number of methoxy groups -OCH3 is 1. The molecule has 0 aromatic carbocycles. The molecule has 23 heavy (non-hydrogen) atoms. The van der Waals surface area contributed by atoms with Crippen LogP contribution in [0, 0.1) is 0 Å². The molecule has 2 aromatic heterocycles. The normalized spacial score (nSPS) is 11.8. The number of amides is 1. The lowest BCUT2D eigenvalue weighted by Crippen LogP contribution is -2.41. The molecular weight excluding hydrogens is 298 g/mol. The molecule has 0 radical (unpaired) electrons. The Balaban J connectivity index is 2.27. The quantitative estimate of drug-likeness (QED) is 0.787. The Morgan fingerprint density at radius 2 is 2.13 bits per heavy atom. The Labute approximate surface area is 133 Å². The van der Waals surface area contributed by atoms with E-state index in [1.807, 2.05) is 0 Å². The van der Waals surface area contributed by atoms with E-state index in [1.165, 1.54) is 7.11 Å². The summed E-state index contributed by atoms with van der Waals surface area (Å²) in [7, 11) is 3.07. The molecule has 2 heterocycles. The predicted molar refractivity (Wildman–Crippen MR) is 84.4 cm³/mol. The van der Waals surface area contributed by atoms with Gasteiger partial charge in [0.25, 0.3) is 5.91 Å². The van der Waals surface area contributed by atoms with Crippen LogP contribution in [0.4, 0.5) is 5.82 Å². The molecule has 0 aliphatic carbocycles. The highest BCUT2D eigenvalue weighted by atomic mass is 16.5. The number of nitrogen functional groups attached to an aromatic ring is 1. The number of pyridine rings is 1. The molecule has 0 spiro atoms. The van der Waals surface area contributed by atoms with Gasteiger partial charge in [-0.25, -0.2) is 9.78 Å². The second kappa shape index (κ2) is 6.91. The van der Waals surface area contributed by atoms with Crippen molar-refractivity contribution in [3.63, 3.8) is 0 Å².